The lowest BCUT2D eigenvalue weighted by Gasteiger charge is -2.26. The molecule has 0 saturated heterocycles. The summed E-state index contributed by atoms with van der Waals surface area (Å²) in [6, 6.07) is 7.66. The standard InChI is InChI=1S/C13H19BrN2O/c1-10(2)16(8-4-7-15)13(17)11-5-3-6-12(14)9-11/h3,5-6,9-10H,4,7-8,15H2,1-2H3. The molecular weight excluding hydrogens is 280 g/mol. The van der Waals surface area contributed by atoms with Crippen LogP contribution in [0.1, 0.15) is 30.6 Å². The molecule has 17 heavy (non-hydrogen) atoms. The highest BCUT2D eigenvalue weighted by atomic mass is 79.9. The van der Waals surface area contributed by atoms with Crippen LogP contribution in [0.4, 0.5) is 0 Å². The Labute approximate surface area is 111 Å². The molecule has 94 valence electrons. The van der Waals surface area contributed by atoms with Crippen LogP contribution in [-0.4, -0.2) is 29.9 Å². The molecule has 0 fully saturated rings. The van der Waals surface area contributed by atoms with Crippen LogP contribution in [0, 0.1) is 0 Å². The van der Waals surface area contributed by atoms with Gasteiger partial charge in [0.1, 0.15) is 0 Å². The smallest absolute Gasteiger partial charge is 0.254 e. The van der Waals surface area contributed by atoms with Gasteiger partial charge in [0.2, 0.25) is 0 Å². The van der Waals surface area contributed by atoms with Crippen LogP contribution in [0.15, 0.2) is 28.7 Å². The summed E-state index contributed by atoms with van der Waals surface area (Å²) < 4.78 is 0.922. The normalized spacial score (nSPS) is 10.6. The zero-order chi connectivity index (χ0) is 12.8. The minimum absolute atomic E-state index is 0.0646. The van der Waals surface area contributed by atoms with Gasteiger partial charge in [0, 0.05) is 22.6 Å². The summed E-state index contributed by atoms with van der Waals surface area (Å²) in [7, 11) is 0. The van der Waals surface area contributed by atoms with E-state index >= 15 is 0 Å². The van der Waals surface area contributed by atoms with Gasteiger partial charge in [0.25, 0.3) is 5.91 Å². The molecular formula is C13H19BrN2O. The summed E-state index contributed by atoms with van der Waals surface area (Å²) in [5.74, 6) is 0.0646. The lowest BCUT2D eigenvalue weighted by molar-refractivity contribution is 0.0705. The van der Waals surface area contributed by atoms with Gasteiger partial charge < -0.3 is 10.6 Å². The maximum atomic E-state index is 12.3. The third-order valence-corrected chi connectivity index (χ3v) is 3.05. The molecule has 0 aromatic heterocycles. The Balaban J connectivity index is 2.84. The number of nitrogens with zero attached hydrogens (tertiary/aromatic N) is 1. The maximum absolute atomic E-state index is 12.3. The van der Waals surface area contributed by atoms with E-state index in [1.807, 2.05) is 43.0 Å². The van der Waals surface area contributed by atoms with Crippen molar-refractivity contribution in [3.63, 3.8) is 0 Å². The molecule has 0 atom stereocenters. The number of carbonyl (C=O) groups is 1. The number of carbonyl (C=O) groups excluding carboxylic acids is 1. The van der Waals surface area contributed by atoms with Crippen molar-refractivity contribution in [2.45, 2.75) is 26.3 Å². The van der Waals surface area contributed by atoms with E-state index in [2.05, 4.69) is 15.9 Å². The molecule has 1 aromatic carbocycles. The molecule has 3 nitrogen and oxygen atoms in total. The largest absolute Gasteiger partial charge is 0.336 e. The fraction of sp³-hybridized carbons (Fsp3) is 0.462. The number of benzene rings is 1. The number of rotatable bonds is 5. The first-order chi connectivity index (χ1) is 8.06. The number of hydrogen-bond donors (Lipinski definition) is 1. The van der Waals surface area contributed by atoms with Crippen LogP contribution in [0.3, 0.4) is 0 Å². The van der Waals surface area contributed by atoms with E-state index < -0.39 is 0 Å². The van der Waals surface area contributed by atoms with Crippen LogP contribution in [0.2, 0.25) is 0 Å². The summed E-state index contributed by atoms with van der Waals surface area (Å²) in [5.41, 5.74) is 6.21. The second kappa shape index (κ2) is 6.77. The van der Waals surface area contributed by atoms with Crippen molar-refractivity contribution in [2.75, 3.05) is 13.1 Å². The second-order valence-electron chi connectivity index (χ2n) is 4.24. The average Bonchev–Trinajstić information content (AvgIpc) is 2.29. The topological polar surface area (TPSA) is 46.3 Å². The summed E-state index contributed by atoms with van der Waals surface area (Å²) in [6.07, 6.45) is 0.831. The van der Waals surface area contributed by atoms with Crippen LogP contribution in [0.5, 0.6) is 0 Å². The van der Waals surface area contributed by atoms with Gasteiger partial charge in [-0.3, -0.25) is 4.79 Å². The SMILES string of the molecule is CC(C)N(CCCN)C(=O)c1cccc(Br)c1. The van der Waals surface area contributed by atoms with Crippen LogP contribution in [-0.2, 0) is 0 Å². The molecule has 1 amide bonds. The van der Waals surface area contributed by atoms with Gasteiger partial charge >= 0.3 is 0 Å². The van der Waals surface area contributed by atoms with Gasteiger partial charge in [-0.1, -0.05) is 22.0 Å². The van der Waals surface area contributed by atoms with E-state index in [1.165, 1.54) is 0 Å². The van der Waals surface area contributed by atoms with Gasteiger partial charge in [0.05, 0.1) is 0 Å². The highest BCUT2D eigenvalue weighted by Gasteiger charge is 2.18. The van der Waals surface area contributed by atoms with Crippen molar-refractivity contribution in [1.29, 1.82) is 0 Å². The predicted octanol–water partition coefficient (Wildman–Crippen LogP) is 2.65. The molecule has 0 spiro atoms. The molecule has 1 rings (SSSR count). The highest BCUT2D eigenvalue weighted by molar-refractivity contribution is 9.10. The van der Waals surface area contributed by atoms with E-state index in [9.17, 15) is 4.79 Å². The molecule has 2 N–H and O–H groups in total. The van der Waals surface area contributed by atoms with E-state index in [0.717, 1.165) is 10.9 Å². The number of amides is 1. The van der Waals surface area contributed by atoms with Gasteiger partial charge in [-0.25, -0.2) is 0 Å². The lowest BCUT2D eigenvalue weighted by atomic mass is 10.1. The number of hydrogen-bond acceptors (Lipinski definition) is 2. The Hall–Kier alpha value is -0.870. The maximum Gasteiger partial charge on any atom is 0.254 e. The first-order valence-corrected chi connectivity index (χ1v) is 6.62. The minimum atomic E-state index is 0.0646. The monoisotopic (exact) mass is 298 g/mol. The fourth-order valence-corrected chi connectivity index (χ4v) is 2.04. The number of nitrogens with two attached hydrogens (primary N) is 1. The Morgan fingerprint density at radius 2 is 2.18 bits per heavy atom. The van der Waals surface area contributed by atoms with E-state index in [4.69, 9.17) is 5.73 Å². The first kappa shape index (κ1) is 14.2. The van der Waals surface area contributed by atoms with Crippen molar-refractivity contribution in [1.82, 2.24) is 4.90 Å². The average molecular weight is 299 g/mol. The first-order valence-electron chi connectivity index (χ1n) is 5.83. The Morgan fingerprint density at radius 3 is 2.71 bits per heavy atom. The number of halogens is 1. The molecule has 0 bridgehead atoms. The summed E-state index contributed by atoms with van der Waals surface area (Å²) in [6.45, 7) is 5.35. The molecule has 0 aliphatic carbocycles. The van der Waals surface area contributed by atoms with Gasteiger partial charge in [-0.05, 0) is 45.0 Å². The molecule has 0 heterocycles. The quantitative estimate of drug-likeness (QED) is 0.908. The van der Waals surface area contributed by atoms with E-state index in [0.29, 0.717) is 18.7 Å². The lowest BCUT2D eigenvalue weighted by Crippen LogP contribution is -2.38. The van der Waals surface area contributed by atoms with Gasteiger partial charge in [0.15, 0.2) is 0 Å². The van der Waals surface area contributed by atoms with Crippen molar-refractivity contribution >= 4 is 21.8 Å². The Bertz CT molecular complexity index is 379. The molecule has 0 radical (unpaired) electrons. The van der Waals surface area contributed by atoms with Crippen LogP contribution in [0.25, 0.3) is 0 Å². The van der Waals surface area contributed by atoms with Crippen molar-refractivity contribution in [2.24, 2.45) is 5.73 Å². The van der Waals surface area contributed by atoms with Gasteiger partial charge in [-0.15, -0.1) is 0 Å². The molecule has 1 aromatic rings. The van der Waals surface area contributed by atoms with Crippen LogP contribution < -0.4 is 5.73 Å². The van der Waals surface area contributed by atoms with E-state index in [1.54, 1.807) is 0 Å². The molecule has 4 heteroatoms. The summed E-state index contributed by atoms with van der Waals surface area (Å²) in [4.78, 5) is 14.2. The molecule has 0 aliphatic heterocycles. The molecule has 0 unspecified atom stereocenters. The van der Waals surface area contributed by atoms with Gasteiger partial charge in [-0.2, -0.15) is 0 Å². The van der Waals surface area contributed by atoms with Crippen molar-refractivity contribution in [3.8, 4) is 0 Å². The van der Waals surface area contributed by atoms with Crippen LogP contribution >= 0.6 is 15.9 Å². The molecule has 0 saturated carbocycles. The van der Waals surface area contributed by atoms with Crippen molar-refractivity contribution < 1.29 is 4.79 Å². The Morgan fingerprint density at radius 1 is 1.47 bits per heavy atom. The third kappa shape index (κ3) is 4.13. The van der Waals surface area contributed by atoms with E-state index in [-0.39, 0.29) is 11.9 Å². The zero-order valence-electron chi connectivity index (χ0n) is 10.3. The van der Waals surface area contributed by atoms with Crippen molar-refractivity contribution in [3.05, 3.63) is 34.3 Å². The third-order valence-electron chi connectivity index (χ3n) is 2.56. The second-order valence-corrected chi connectivity index (χ2v) is 5.16. The minimum Gasteiger partial charge on any atom is -0.336 e. The summed E-state index contributed by atoms with van der Waals surface area (Å²) in [5, 5.41) is 0. The highest BCUT2D eigenvalue weighted by Crippen LogP contribution is 2.15. The Kier molecular flexibility index (Phi) is 5.65. The fourth-order valence-electron chi connectivity index (χ4n) is 1.64. The summed E-state index contributed by atoms with van der Waals surface area (Å²) >= 11 is 3.38. The molecule has 0 aliphatic rings. The zero-order valence-corrected chi connectivity index (χ0v) is 11.9. The predicted molar refractivity (Wildman–Crippen MR) is 74.0 cm³/mol.